The first kappa shape index (κ1) is 85.7. The van der Waals surface area contributed by atoms with E-state index in [2.05, 4.69) is 23.7 Å². The first-order chi connectivity index (χ1) is 55.3. The molecule has 12 aromatic rings. The molecule has 22 heteroatoms. The van der Waals surface area contributed by atoms with Crippen molar-refractivity contribution in [1.82, 2.24) is 0 Å². The van der Waals surface area contributed by atoms with E-state index in [9.17, 15) is 82.1 Å². The third-order valence-corrected chi connectivity index (χ3v) is 20.3. The average molecular weight is 1600 g/mol. The number of aryl methyl sites for hydroxylation is 6. The van der Waals surface area contributed by atoms with Crippen molar-refractivity contribution in [2.75, 3.05) is 0 Å². The van der Waals surface area contributed by atoms with Gasteiger partial charge in [-0.2, -0.15) is 52.7 Å². The summed E-state index contributed by atoms with van der Waals surface area (Å²) >= 11 is 0. The standard InChI is InChI=1S/C47H46F6O5.C47H38F6O5/c2*1-3-5-7-9-29-15-21-36(40(23-29)46(48,49)50)38-27-33-17-11-31(25-42(33)57-44(38)55)13-19-35(54)20-14-32-12-18-34-28-39(45(56)58-43(34)26-32)37-22-16-30(10-8-6-4-2)24-41(37)47(51,52)53/h11-12,15-18,21-28,35,54H,3-10,13-14,19-20H2,1-2H3;11-12,15-18,21-28,35,54H,3-10H2,1-2H3. The van der Waals surface area contributed by atoms with E-state index in [1.54, 1.807) is 72.8 Å². The van der Waals surface area contributed by atoms with E-state index in [4.69, 9.17) is 17.7 Å². The van der Waals surface area contributed by atoms with Gasteiger partial charge in [-0.3, -0.25) is 0 Å². The molecule has 12 rings (SSSR count). The van der Waals surface area contributed by atoms with Gasteiger partial charge in [0.25, 0.3) is 0 Å². The molecule has 8 aromatic carbocycles. The largest absolute Gasteiger partial charge is 0.422 e. The van der Waals surface area contributed by atoms with Crippen molar-refractivity contribution >= 4 is 43.9 Å². The van der Waals surface area contributed by atoms with Crippen molar-refractivity contribution in [1.29, 1.82) is 0 Å². The summed E-state index contributed by atoms with van der Waals surface area (Å²) in [5, 5.41) is 23.0. The highest BCUT2D eigenvalue weighted by molar-refractivity contribution is 5.87. The van der Waals surface area contributed by atoms with Gasteiger partial charge >= 0.3 is 47.2 Å². The highest BCUT2D eigenvalue weighted by Gasteiger charge is 2.39. The van der Waals surface area contributed by atoms with Gasteiger partial charge in [0, 0.05) is 54.9 Å². The van der Waals surface area contributed by atoms with Gasteiger partial charge in [0.1, 0.15) is 22.3 Å². The van der Waals surface area contributed by atoms with E-state index in [0.29, 0.717) is 106 Å². The number of rotatable bonds is 26. The molecule has 0 aliphatic carbocycles. The minimum absolute atomic E-state index is 0.0840. The van der Waals surface area contributed by atoms with E-state index in [1.165, 1.54) is 72.8 Å². The monoisotopic (exact) mass is 1600 g/mol. The van der Waals surface area contributed by atoms with Gasteiger partial charge < -0.3 is 27.9 Å². The second-order valence-corrected chi connectivity index (χ2v) is 29.1. The Morgan fingerprint density at radius 1 is 0.293 bits per heavy atom. The maximum atomic E-state index is 14.1. The van der Waals surface area contributed by atoms with Gasteiger partial charge in [0.05, 0.1) is 50.6 Å². The molecule has 0 aliphatic heterocycles. The van der Waals surface area contributed by atoms with Crippen molar-refractivity contribution < 1.29 is 80.6 Å². The lowest BCUT2D eigenvalue weighted by Gasteiger charge is -2.15. The van der Waals surface area contributed by atoms with Crippen LogP contribution in [0.1, 0.15) is 184 Å². The fraction of sp³-hybridized carbons (Fsp3) is 0.319. The first-order valence-corrected chi connectivity index (χ1v) is 38.8. The van der Waals surface area contributed by atoms with Gasteiger partial charge in [-0.1, -0.05) is 176 Å². The molecule has 4 aromatic heterocycles. The molecular formula is C94H84F12O10. The van der Waals surface area contributed by atoms with Crippen LogP contribution in [0.5, 0.6) is 0 Å². The Kier molecular flexibility index (Phi) is 27.8. The molecule has 0 atom stereocenters. The average Bonchev–Trinajstić information content (AvgIpc) is 0.786. The normalized spacial score (nSPS) is 12.0. The lowest BCUT2D eigenvalue weighted by molar-refractivity contribution is -0.138. The summed E-state index contributed by atoms with van der Waals surface area (Å²) < 4.78 is 191. The Balaban J connectivity index is 0.000000228. The highest BCUT2D eigenvalue weighted by Crippen LogP contribution is 2.43. The molecule has 0 saturated carbocycles. The molecule has 2 N–H and O–H groups in total. The number of fused-ring (bicyclic) bond motifs is 4. The minimum atomic E-state index is -4.69. The third-order valence-electron chi connectivity index (χ3n) is 20.3. The zero-order valence-corrected chi connectivity index (χ0v) is 64.2. The van der Waals surface area contributed by atoms with E-state index >= 15 is 0 Å². The van der Waals surface area contributed by atoms with Crippen LogP contribution in [0.3, 0.4) is 0 Å². The van der Waals surface area contributed by atoms with Crippen LogP contribution in [-0.4, -0.2) is 22.4 Å². The van der Waals surface area contributed by atoms with Crippen LogP contribution in [-0.2, 0) is 63.2 Å². The summed E-state index contributed by atoms with van der Waals surface area (Å²) in [6, 6.07) is 40.9. The molecule has 0 spiro atoms. The number of benzene rings is 8. The van der Waals surface area contributed by atoms with Gasteiger partial charge in [0.15, 0.2) is 6.10 Å². The van der Waals surface area contributed by atoms with E-state index in [1.807, 2.05) is 27.7 Å². The molecule has 0 aliphatic rings. The maximum absolute atomic E-state index is 14.1. The van der Waals surface area contributed by atoms with Crippen LogP contribution in [0.25, 0.3) is 88.4 Å². The number of unbranched alkanes of at least 4 members (excludes halogenated alkanes) is 8. The molecule has 116 heavy (non-hydrogen) atoms. The highest BCUT2D eigenvalue weighted by atomic mass is 19.4. The fourth-order valence-corrected chi connectivity index (χ4v) is 14.1. The Labute approximate surface area is 660 Å². The first-order valence-electron chi connectivity index (χ1n) is 38.8. The Morgan fingerprint density at radius 2 is 0.534 bits per heavy atom. The lowest BCUT2D eigenvalue weighted by Crippen LogP contribution is -2.12. The topological polar surface area (TPSA) is 161 Å². The van der Waals surface area contributed by atoms with Crippen LogP contribution in [0, 0.1) is 23.7 Å². The fourth-order valence-electron chi connectivity index (χ4n) is 14.1. The molecule has 0 radical (unpaired) electrons. The molecule has 0 bridgehead atoms. The van der Waals surface area contributed by atoms with Crippen molar-refractivity contribution in [3.63, 3.8) is 0 Å². The molecule has 0 unspecified atom stereocenters. The van der Waals surface area contributed by atoms with Crippen molar-refractivity contribution in [3.8, 4) is 68.2 Å². The van der Waals surface area contributed by atoms with Crippen LogP contribution in [0.2, 0.25) is 0 Å². The molecule has 10 nitrogen and oxygen atoms in total. The van der Waals surface area contributed by atoms with E-state index in [0.717, 1.165) is 112 Å². The van der Waals surface area contributed by atoms with Gasteiger partial charge in [0.2, 0.25) is 0 Å². The van der Waals surface area contributed by atoms with Crippen LogP contribution in [0.4, 0.5) is 52.7 Å². The van der Waals surface area contributed by atoms with E-state index in [-0.39, 0.29) is 66.8 Å². The second-order valence-electron chi connectivity index (χ2n) is 29.1. The zero-order valence-electron chi connectivity index (χ0n) is 64.2. The number of hydrogen-bond acceptors (Lipinski definition) is 10. The quantitative estimate of drug-likeness (QED) is 0.0231. The van der Waals surface area contributed by atoms with Gasteiger partial charge in [-0.05, 0) is 207 Å². The number of aliphatic hydroxyl groups excluding tert-OH is 2. The Morgan fingerprint density at radius 3 is 0.793 bits per heavy atom. The molecule has 0 amide bonds. The minimum Gasteiger partial charge on any atom is -0.422 e. The summed E-state index contributed by atoms with van der Waals surface area (Å²) in [5.41, 5.74) is -4.05. The predicted molar refractivity (Wildman–Crippen MR) is 427 cm³/mol. The van der Waals surface area contributed by atoms with Crippen molar-refractivity contribution in [2.24, 2.45) is 0 Å². The zero-order chi connectivity index (χ0) is 83.2. The number of aliphatic hydroxyl groups is 2. The van der Waals surface area contributed by atoms with Gasteiger partial charge in [-0.25, -0.2) is 19.2 Å². The lowest BCUT2D eigenvalue weighted by atomic mass is 9.95. The van der Waals surface area contributed by atoms with Crippen LogP contribution >= 0.6 is 0 Å². The molecule has 4 heterocycles. The Bertz CT molecular complexity index is 5570. The molecule has 604 valence electrons. The smallest absolute Gasteiger partial charge is 0.417 e. The number of alkyl halides is 12. The van der Waals surface area contributed by atoms with Gasteiger partial charge in [-0.15, -0.1) is 0 Å². The molecule has 0 fully saturated rings. The number of halogens is 12. The van der Waals surface area contributed by atoms with Crippen LogP contribution in [0.15, 0.2) is 207 Å². The SMILES string of the molecule is CCCCCc1ccc(-c2cc3ccc(C#CC(O)C#Cc4ccc5cc(-c6ccc(CCCCC)cc6C(F)(F)F)c(=O)oc5c4)cc3oc2=O)c(C(F)(F)F)c1.CCCCCc1ccc(-c2cc3ccc(CCC(O)CCc4ccc5cc(-c6ccc(CCCCC)cc6C(F)(F)F)c(=O)oc5c4)cc3oc2=O)c(C(F)(F)F)c1. The summed E-state index contributed by atoms with van der Waals surface area (Å²) in [7, 11) is 0. The summed E-state index contributed by atoms with van der Waals surface area (Å²) in [6.07, 6.45) is -6.89. The predicted octanol–water partition coefficient (Wildman–Crippen LogP) is 24.2. The van der Waals surface area contributed by atoms with Crippen molar-refractivity contribution in [3.05, 3.63) is 278 Å². The third kappa shape index (κ3) is 21.9. The molecule has 0 saturated heterocycles. The summed E-state index contributed by atoms with van der Waals surface area (Å²) in [6.45, 7) is 8.06. The maximum Gasteiger partial charge on any atom is 0.417 e. The Hall–Kier alpha value is -11.2. The summed E-state index contributed by atoms with van der Waals surface area (Å²) in [5.74, 6) is 10.6. The van der Waals surface area contributed by atoms with E-state index < -0.39 is 81.7 Å². The van der Waals surface area contributed by atoms with Crippen molar-refractivity contribution in [2.45, 2.75) is 193 Å². The number of hydrogen-bond donors (Lipinski definition) is 2. The summed E-state index contributed by atoms with van der Waals surface area (Å²) in [4.78, 5) is 52.1. The molecular weight excluding hydrogens is 1520 g/mol. The second kappa shape index (κ2) is 37.6. The van der Waals surface area contributed by atoms with Crippen LogP contribution < -0.4 is 22.5 Å².